The average molecular weight is 360 g/mol. The number of amides is 2. The van der Waals surface area contributed by atoms with Crippen molar-refractivity contribution in [3.8, 4) is 5.75 Å². The van der Waals surface area contributed by atoms with Gasteiger partial charge in [0.25, 0.3) is 0 Å². The maximum Gasteiger partial charge on any atom is 0.319 e. The molecule has 1 saturated heterocycles. The molecular formula is C21H33N3O2. The number of hydrogen-bond donors (Lipinski definition) is 2. The molecule has 1 aromatic carbocycles. The van der Waals surface area contributed by atoms with Gasteiger partial charge in [0.2, 0.25) is 0 Å². The Bertz CT molecular complexity index is 547. The van der Waals surface area contributed by atoms with E-state index in [2.05, 4.69) is 22.5 Å². The first kappa shape index (κ1) is 19.0. The van der Waals surface area contributed by atoms with Gasteiger partial charge in [-0.05, 0) is 94.8 Å². The van der Waals surface area contributed by atoms with Crippen LogP contribution in [0.3, 0.4) is 0 Å². The van der Waals surface area contributed by atoms with Crippen molar-refractivity contribution in [2.24, 2.45) is 5.92 Å². The molecule has 0 spiro atoms. The summed E-state index contributed by atoms with van der Waals surface area (Å²) in [5, 5.41) is 5.83. The van der Waals surface area contributed by atoms with Crippen LogP contribution in [0.2, 0.25) is 0 Å². The smallest absolute Gasteiger partial charge is 0.319 e. The molecule has 2 amide bonds. The van der Waals surface area contributed by atoms with E-state index in [9.17, 15) is 4.79 Å². The molecule has 2 N–H and O–H groups in total. The second kappa shape index (κ2) is 9.81. The van der Waals surface area contributed by atoms with E-state index < -0.39 is 0 Å². The van der Waals surface area contributed by atoms with Gasteiger partial charge < -0.3 is 20.3 Å². The summed E-state index contributed by atoms with van der Waals surface area (Å²) < 4.78 is 5.95. The van der Waals surface area contributed by atoms with Crippen LogP contribution in [0.1, 0.15) is 51.9 Å². The minimum atomic E-state index is -0.137. The molecule has 2 fully saturated rings. The Morgan fingerprint density at radius 3 is 2.50 bits per heavy atom. The molecular weight excluding hydrogens is 326 g/mol. The molecule has 26 heavy (non-hydrogen) atoms. The number of nitrogens with one attached hydrogen (secondary N) is 2. The summed E-state index contributed by atoms with van der Waals surface area (Å²) >= 11 is 0. The molecule has 1 heterocycles. The molecule has 0 bridgehead atoms. The fourth-order valence-corrected chi connectivity index (χ4v) is 3.78. The van der Waals surface area contributed by atoms with Crippen molar-refractivity contribution in [2.45, 2.75) is 58.0 Å². The molecule has 5 nitrogen and oxygen atoms in total. The number of benzene rings is 1. The van der Waals surface area contributed by atoms with E-state index >= 15 is 0 Å². The van der Waals surface area contributed by atoms with Gasteiger partial charge in [0.15, 0.2) is 0 Å². The minimum Gasteiger partial charge on any atom is -0.490 e. The number of carbonyl (C=O) groups excluding carboxylic acids is 1. The quantitative estimate of drug-likeness (QED) is 0.716. The van der Waals surface area contributed by atoms with Crippen molar-refractivity contribution in [2.75, 3.05) is 31.5 Å². The number of urea groups is 1. The zero-order valence-electron chi connectivity index (χ0n) is 16.0. The van der Waals surface area contributed by atoms with Crippen LogP contribution in [0.4, 0.5) is 10.5 Å². The monoisotopic (exact) mass is 359 g/mol. The van der Waals surface area contributed by atoms with Gasteiger partial charge in [0.1, 0.15) is 5.75 Å². The van der Waals surface area contributed by atoms with E-state index in [1.807, 2.05) is 24.3 Å². The summed E-state index contributed by atoms with van der Waals surface area (Å²) in [6, 6.07) is 7.54. The lowest BCUT2D eigenvalue weighted by molar-refractivity contribution is 0.190. The predicted molar refractivity (Wildman–Crippen MR) is 106 cm³/mol. The van der Waals surface area contributed by atoms with Crippen LogP contribution >= 0.6 is 0 Å². The predicted octanol–water partition coefficient (Wildman–Crippen LogP) is 4.25. The molecule has 1 aromatic rings. The maximum atomic E-state index is 12.0. The average Bonchev–Trinajstić information content (AvgIpc) is 3.15. The van der Waals surface area contributed by atoms with Gasteiger partial charge in [-0.3, -0.25) is 0 Å². The summed E-state index contributed by atoms with van der Waals surface area (Å²) in [5.41, 5.74) is 0.797. The first-order valence-electron chi connectivity index (χ1n) is 10.2. The second-order valence-corrected chi connectivity index (χ2v) is 7.81. The van der Waals surface area contributed by atoms with Gasteiger partial charge >= 0.3 is 6.03 Å². The van der Waals surface area contributed by atoms with E-state index in [1.165, 1.54) is 38.8 Å². The molecule has 144 valence electrons. The zero-order chi connectivity index (χ0) is 18.2. The molecule has 1 saturated carbocycles. The first-order chi connectivity index (χ1) is 12.7. The fourth-order valence-electron chi connectivity index (χ4n) is 3.78. The molecule has 2 aliphatic rings. The van der Waals surface area contributed by atoms with E-state index in [0.717, 1.165) is 43.2 Å². The van der Waals surface area contributed by atoms with Crippen LogP contribution in [0, 0.1) is 5.92 Å². The highest BCUT2D eigenvalue weighted by Crippen LogP contribution is 2.25. The molecule has 0 radical (unpaired) electrons. The number of likely N-dealkylation sites (tertiary alicyclic amines) is 1. The number of ether oxygens (including phenoxy) is 1. The van der Waals surface area contributed by atoms with Crippen LogP contribution in [-0.4, -0.2) is 43.2 Å². The van der Waals surface area contributed by atoms with E-state index in [0.29, 0.717) is 12.6 Å². The van der Waals surface area contributed by atoms with Crippen LogP contribution in [0.5, 0.6) is 5.75 Å². The zero-order valence-corrected chi connectivity index (χ0v) is 16.0. The Balaban J connectivity index is 1.30. The third kappa shape index (κ3) is 6.20. The summed E-state index contributed by atoms with van der Waals surface area (Å²) in [7, 11) is 0. The number of carbonyl (C=O) groups is 1. The van der Waals surface area contributed by atoms with Crippen molar-refractivity contribution in [3.63, 3.8) is 0 Å². The minimum absolute atomic E-state index is 0.137. The van der Waals surface area contributed by atoms with Crippen LogP contribution < -0.4 is 15.4 Å². The van der Waals surface area contributed by atoms with E-state index in [1.54, 1.807) is 0 Å². The standard InChI is InChI=1S/C21H33N3O2/c1-17-11-15-24(16-12-17)14-4-13-22-21(25)23-18-7-9-20(10-8-18)26-19-5-2-3-6-19/h7-10,17,19H,2-6,11-16H2,1H3,(H2,22,23,25). The lowest BCUT2D eigenvalue weighted by Gasteiger charge is -2.30. The van der Waals surface area contributed by atoms with Gasteiger partial charge in [-0.2, -0.15) is 0 Å². The largest absolute Gasteiger partial charge is 0.490 e. The fraction of sp³-hybridized carbons (Fsp3) is 0.667. The Morgan fingerprint density at radius 1 is 1.12 bits per heavy atom. The molecule has 0 unspecified atom stereocenters. The number of rotatable bonds is 7. The lowest BCUT2D eigenvalue weighted by Crippen LogP contribution is -2.36. The van der Waals surface area contributed by atoms with Crippen LogP contribution in [0.25, 0.3) is 0 Å². The Hall–Kier alpha value is -1.75. The Morgan fingerprint density at radius 2 is 1.81 bits per heavy atom. The van der Waals surface area contributed by atoms with E-state index in [4.69, 9.17) is 4.74 Å². The van der Waals surface area contributed by atoms with Gasteiger partial charge in [-0.15, -0.1) is 0 Å². The molecule has 1 aliphatic heterocycles. The molecule has 3 rings (SSSR count). The van der Waals surface area contributed by atoms with Gasteiger partial charge in [-0.1, -0.05) is 6.92 Å². The summed E-state index contributed by atoms with van der Waals surface area (Å²) in [6.45, 7) is 6.50. The molecule has 0 atom stereocenters. The van der Waals surface area contributed by atoms with Crippen LogP contribution in [0.15, 0.2) is 24.3 Å². The normalized spacial score (nSPS) is 19.4. The maximum absolute atomic E-state index is 12.0. The SMILES string of the molecule is CC1CCN(CCCNC(=O)Nc2ccc(OC3CCCC3)cc2)CC1. The van der Waals surface area contributed by atoms with Gasteiger partial charge in [0.05, 0.1) is 6.10 Å². The molecule has 5 heteroatoms. The highest BCUT2D eigenvalue weighted by Gasteiger charge is 2.16. The van der Waals surface area contributed by atoms with Crippen molar-refractivity contribution in [1.29, 1.82) is 0 Å². The summed E-state index contributed by atoms with van der Waals surface area (Å²) in [4.78, 5) is 14.5. The van der Waals surface area contributed by atoms with Crippen LogP contribution in [-0.2, 0) is 0 Å². The third-order valence-corrected chi connectivity index (χ3v) is 5.53. The topological polar surface area (TPSA) is 53.6 Å². The van der Waals surface area contributed by atoms with Crippen molar-refractivity contribution in [1.82, 2.24) is 10.2 Å². The molecule has 0 aromatic heterocycles. The summed E-state index contributed by atoms with van der Waals surface area (Å²) in [6.07, 6.45) is 8.79. The number of piperidine rings is 1. The van der Waals surface area contributed by atoms with E-state index in [-0.39, 0.29) is 6.03 Å². The Labute approximate surface area is 157 Å². The number of anilines is 1. The lowest BCUT2D eigenvalue weighted by atomic mass is 9.99. The Kier molecular flexibility index (Phi) is 7.18. The van der Waals surface area contributed by atoms with Crippen molar-refractivity contribution < 1.29 is 9.53 Å². The van der Waals surface area contributed by atoms with Gasteiger partial charge in [-0.25, -0.2) is 4.79 Å². The second-order valence-electron chi connectivity index (χ2n) is 7.81. The molecule has 1 aliphatic carbocycles. The van der Waals surface area contributed by atoms with Crippen molar-refractivity contribution in [3.05, 3.63) is 24.3 Å². The third-order valence-electron chi connectivity index (χ3n) is 5.53. The number of hydrogen-bond acceptors (Lipinski definition) is 3. The van der Waals surface area contributed by atoms with Gasteiger partial charge in [0, 0.05) is 12.2 Å². The highest BCUT2D eigenvalue weighted by atomic mass is 16.5. The summed E-state index contributed by atoms with van der Waals surface area (Å²) in [5.74, 6) is 1.75. The highest BCUT2D eigenvalue weighted by molar-refractivity contribution is 5.89. The number of nitrogens with zero attached hydrogens (tertiary/aromatic N) is 1. The first-order valence-corrected chi connectivity index (χ1v) is 10.2. The van der Waals surface area contributed by atoms with Crippen molar-refractivity contribution >= 4 is 11.7 Å².